The van der Waals surface area contributed by atoms with Gasteiger partial charge in [-0.3, -0.25) is 9.97 Å². The third kappa shape index (κ3) is 2.29. The van der Waals surface area contributed by atoms with Crippen LogP contribution in [0.5, 0.6) is 0 Å². The molecule has 0 N–H and O–H groups in total. The van der Waals surface area contributed by atoms with E-state index in [1.165, 1.54) is 55.5 Å². The Bertz CT molecular complexity index is 1750. The van der Waals surface area contributed by atoms with Gasteiger partial charge >= 0.3 is 0 Å². The molecule has 2 aliphatic rings. The summed E-state index contributed by atoms with van der Waals surface area (Å²) in [7, 11) is 0. The van der Waals surface area contributed by atoms with Gasteiger partial charge in [-0.1, -0.05) is 84.9 Å². The number of para-hydroxylation sites is 1. The molecule has 35 heavy (non-hydrogen) atoms. The van der Waals surface area contributed by atoms with Gasteiger partial charge in [0.1, 0.15) is 0 Å². The number of hydrogen-bond donors (Lipinski definition) is 0. The molecule has 0 fully saturated rings. The average Bonchev–Trinajstić information content (AvgIpc) is 3.40. The zero-order chi connectivity index (χ0) is 23.0. The molecule has 8 rings (SSSR count). The van der Waals surface area contributed by atoms with E-state index >= 15 is 0 Å². The predicted octanol–water partition coefficient (Wildman–Crippen LogP) is 7.64. The van der Waals surface area contributed by atoms with Gasteiger partial charge in [0.05, 0.1) is 16.6 Å². The van der Waals surface area contributed by atoms with Gasteiger partial charge in [0.2, 0.25) is 0 Å². The van der Waals surface area contributed by atoms with Crippen LogP contribution in [-0.2, 0) is 5.41 Å². The molecule has 2 heterocycles. The lowest BCUT2D eigenvalue weighted by Crippen LogP contribution is -2.27. The standard InChI is InChI=1S/C33H20N2/c1-4-12-28-23(8-1)25-16-15-21(22-17-19-34-31-14-6-3-10-26(22)31)20-30(25)33(28)29-13-5-2-9-24(29)27-11-7-18-35-32(27)33/h1-20H. The van der Waals surface area contributed by atoms with Gasteiger partial charge in [0, 0.05) is 23.3 Å². The van der Waals surface area contributed by atoms with Gasteiger partial charge in [-0.15, -0.1) is 0 Å². The Labute approximate surface area is 203 Å². The molecular weight excluding hydrogens is 424 g/mol. The first-order valence-corrected chi connectivity index (χ1v) is 12.0. The van der Waals surface area contributed by atoms with Crippen molar-refractivity contribution >= 4 is 10.9 Å². The summed E-state index contributed by atoms with van der Waals surface area (Å²) in [6.45, 7) is 0. The van der Waals surface area contributed by atoms with E-state index in [1.54, 1.807) is 0 Å². The highest BCUT2D eigenvalue weighted by atomic mass is 14.7. The minimum Gasteiger partial charge on any atom is -0.259 e. The molecule has 2 nitrogen and oxygen atoms in total. The minimum absolute atomic E-state index is 0.419. The van der Waals surface area contributed by atoms with E-state index in [-0.39, 0.29) is 0 Å². The Morgan fingerprint density at radius 3 is 2.00 bits per heavy atom. The van der Waals surface area contributed by atoms with Crippen LogP contribution in [0.25, 0.3) is 44.3 Å². The SMILES string of the molecule is c1ccc2c(c1)-c1ccc(-c3ccnc4ccccc34)cc1C21c2ccccc2-c2cccnc21. The van der Waals surface area contributed by atoms with Crippen LogP contribution in [0.15, 0.2) is 122 Å². The fraction of sp³-hybridized carbons (Fsp3) is 0.0303. The zero-order valence-corrected chi connectivity index (χ0v) is 18.9. The Balaban J connectivity index is 1.51. The predicted molar refractivity (Wildman–Crippen MR) is 141 cm³/mol. The summed E-state index contributed by atoms with van der Waals surface area (Å²) in [4.78, 5) is 9.64. The summed E-state index contributed by atoms with van der Waals surface area (Å²) >= 11 is 0. The van der Waals surface area contributed by atoms with Gasteiger partial charge in [-0.2, -0.15) is 0 Å². The number of nitrogens with zero attached hydrogens (tertiary/aromatic N) is 2. The van der Waals surface area contributed by atoms with Crippen molar-refractivity contribution in [2.75, 3.05) is 0 Å². The van der Waals surface area contributed by atoms with Crippen LogP contribution in [0.1, 0.15) is 22.4 Å². The van der Waals surface area contributed by atoms with Crippen LogP contribution in [0.4, 0.5) is 0 Å². The number of aromatic nitrogens is 2. The highest BCUT2D eigenvalue weighted by Crippen LogP contribution is 2.62. The fourth-order valence-corrected chi connectivity index (χ4v) is 6.43. The van der Waals surface area contributed by atoms with E-state index in [2.05, 4.69) is 108 Å². The van der Waals surface area contributed by atoms with E-state index < -0.39 is 5.41 Å². The van der Waals surface area contributed by atoms with E-state index in [0.717, 1.165) is 11.2 Å². The first-order valence-electron chi connectivity index (χ1n) is 12.0. The maximum Gasteiger partial charge on any atom is 0.0898 e. The van der Waals surface area contributed by atoms with Gasteiger partial charge in [-0.05, 0) is 68.8 Å². The molecule has 1 spiro atoms. The van der Waals surface area contributed by atoms with E-state index in [9.17, 15) is 0 Å². The lowest BCUT2D eigenvalue weighted by Gasteiger charge is -2.29. The monoisotopic (exact) mass is 444 g/mol. The highest BCUT2D eigenvalue weighted by molar-refractivity contribution is 5.98. The molecular formula is C33H20N2. The molecule has 0 radical (unpaired) electrons. The largest absolute Gasteiger partial charge is 0.259 e. The molecule has 0 saturated heterocycles. The minimum atomic E-state index is -0.419. The second-order valence-electron chi connectivity index (χ2n) is 9.38. The van der Waals surface area contributed by atoms with E-state index in [4.69, 9.17) is 4.98 Å². The average molecular weight is 445 g/mol. The normalized spacial score (nSPS) is 16.7. The highest BCUT2D eigenvalue weighted by Gasteiger charge is 2.52. The van der Waals surface area contributed by atoms with E-state index in [0.29, 0.717) is 0 Å². The summed E-state index contributed by atoms with van der Waals surface area (Å²) in [6.07, 6.45) is 3.85. The maximum atomic E-state index is 5.05. The zero-order valence-electron chi connectivity index (χ0n) is 18.9. The Morgan fingerprint density at radius 1 is 0.457 bits per heavy atom. The molecule has 1 atom stereocenters. The Hall–Kier alpha value is -4.56. The number of fused-ring (bicyclic) bond motifs is 11. The van der Waals surface area contributed by atoms with Crippen LogP contribution in [-0.4, -0.2) is 9.97 Å². The van der Waals surface area contributed by atoms with Gasteiger partial charge in [-0.25, -0.2) is 0 Å². The van der Waals surface area contributed by atoms with Crippen molar-refractivity contribution in [3.8, 4) is 33.4 Å². The lowest BCUT2D eigenvalue weighted by molar-refractivity contribution is 0.760. The topological polar surface area (TPSA) is 25.8 Å². The van der Waals surface area contributed by atoms with Crippen molar-refractivity contribution in [2.45, 2.75) is 5.41 Å². The first-order chi connectivity index (χ1) is 17.4. The quantitative estimate of drug-likeness (QED) is 0.260. The summed E-state index contributed by atoms with van der Waals surface area (Å²) < 4.78 is 0. The second kappa shape index (κ2) is 6.74. The summed E-state index contributed by atoms with van der Waals surface area (Å²) in [6, 6.07) is 39.4. The van der Waals surface area contributed by atoms with Gasteiger partial charge in [0.25, 0.3) is 0 Å². The summed E-state index contributed by atoms with van der Waals surface area (Å²) in [5.41, 5.74) is 13.2. The smallest absolute Gasteiger partial charge is 0.0898 e. The number of pyridine rings is 2. The molecule has 6 aromatic rings. The van der Waals surface area contributed by atoms with Crippen molar-refractivity contribution in [1.29, 1.82) is 0 Å². The lowest BCUT2D eigenvalue weighted by atomic mass is 9.72. The summed E-state index contributed by atoms with van der Waals surface area (Å²) in [5, 5.41) is 1.17. The Morgan fingerprint density at radius 2 is 1.14 bits per heavy atom. The molecule has 0 saturated carbocycles. The molecule has 2 heteroatoms. The summed E-state index contributed by atoms with van der Waals surface area (Å²) in [5.74, 6) is 0. The van der Waals surface area contributed by atoms with Crippen LogP contribution in [0.2, 0.25) is 0 Å². The molecule has 2 aliphatic carbocycles. The van der Waals surface area contributed by atoms with Crippen molar-refractivity contribution in [3.63, 3.8) is 0 Å². The fourth-order valence-electron chi connectivity index (χ4n) is 6.43. The van der Waals surface area contributed by atoms with Crippen molar-refractivity contribution in [1.82, 2.24) is 9.97 Å². The maximum absolute atomic E-state index is 5.05. The van der Waals surface area contributed by atoms with Crippen LogP contribution in [0, 0.1) is 0 Å². The van der Waals surface area contributed by atoms with Crippen LogP contribution < -0.4 is 0 Å². The number of rotatable bonds is 1. The van der Waals surface area contributed by atoms with Crippen LogP contribution >= 0.6 is 0 Å². The molecule has 2 aromatic heterocycles. The van der Waals surface area contributed by atoms with Crippen molar-refractivity contribution < 1.29 is 0 Å². The third-order valence-corrected chi connectivity index (χ3v) is 7.79. The third-order valence-electron chi connectivity index (χ3n) is 7.79. The molecule has 0 amide bonds. The number of hydrogen-bond acceptors (Lipinski definition) is 2. The molecule has 1 unspecified atom stereocenters. The van der Waals surface area contributed by atoms with E-state index in [1.807, 2.05) is 18.5 Å². The molecule has 0 aliphatic heterocycles. The first kappa shape index (κ1) is 18.8. The van der Waals surface area contributed by atoms with Gasteiger partial charge in [0.15, 0.2) is 0 Å². The van der Waals surface area contributed by atoms with Crippen molar-refractivity contribution in [3.05, 3.63) is 144 Å². The van der Waals surface area contributed by atoms with Gasteiger partial charge < -0.3 is 0 Å². The molecule has 4 aromatic carbocycles. The number of benzene rings is 4. The second-order valence-corrected chi connectivity index (χ2v) is 9.38. The van der Waals surface area contributed by atoms with Crippen molar-refractivity contribution in [2.24, 2.45) is 0 Å². The Kier molecular flexibility index (Phi) is 3.62. The molecule has 0 bridgehead atoms. The van der Waals surface area contributed by atoms with Crippen LogP contribution in [0.3, 0.4) is 0 Å². The molecule has 162 valence electrons.